The second-order valence-electron chi connectivity index (χ2n) is 4.18. The fourth-order valence-electron chi connectivity index (χ4n) is 2.04. The summed E-state index contributed by atoms with van der Waals surface area (Å²) in [5, 5.41) is 0. The van der Waals surface area contributed by atoms with Crippen LogP contribution in [0.4, 0.5) is 0 Å². The summed E-state index contributed by atoms with van der Waals surface area (Å²) in [5.74, 6) is 1.24. The molecule has 4 heteroatoms. The van der Waals surface area contributed by atoms with Gasteiger partial charge in [-0.3, -0.25) is 9.69 Å². The highest BCUT2D eigenvalue weighted by Gasteiger charge is 2.19. The van der Waals surface area contributed by atoms with Gasteiger partial charge in [0.05, 0.1) is 6.54 Å². The molecule has 16 heavy (non-hydrogen) atoms. The Kier molecular flexibility index (Phi) is 3.74. The molecule has 0 bridgehead atoms. The van der Waals surface area contributed by atoms with Crippen LogP contribution in [-0.4, -0.2) is 37.5 Å². The Morgan fingerprint density at radius 1 is 1.44 bits per heavy atom. The van der Waals surface area contributed by atoms with Gasteiger partial charge in [-0.1, -0.05) is 0 Å². The predicted octanol–water partition coefficient (Wildman–Crippen LogP) is 1.70. The van der Waals surface area contributed by atoms with Gasteiger partial charge in [-0.25, -0.2) is 0 Å². The number of aldehydes is 1. The van der Waals surface area contributed by atoms with E-state index in [4.69, 9.17) is 9.15 Å². The Balaban J connectivity index is 1.90. The topological polar surface area (TPSA) is 42.7 Å². The highest BCUT2D eigenvalue weighted by molar-refractivity contribution is 5.70. The van der Waals surface area contributed by atoms with Gasteiger partial charge in [-0.2, -0.15) is 0 Å². The van der Waals surface area contributed by atoms with Crippen LogP contribution in [0.2, 0.25) is 0 Å². The molecule has 0 radical (unpaired) electrons. The Morgan fingerprint density at radius 3 is 2.81 bits per heavy atom. The third-order valence-electron chi connectivity index (χ3n) is 3.02. The molecule has 0 aromatic carbocycles. The van der Waals surface area contributed by atoms with Crippen molar-refractivity contribution in [1.29, 1.82) is 0 Å². The van der Waals surface area contributed by atoms with Gasteiger partial charge in [0.1, 0.15) is 5.76 Å². The summed E-state index contributed by atoms with van der Waals surface area (Å²) in [6.07, 6.45) is 2.87. The number of ether oxygens (including phenoxy) is 1. The highest BCUT2D eigenvalue weighted by Crippen LogP contribution is 2.16. The lowest BCUT2D eigenvalue weighted by molar-refractivity contribution is 0.0387. The molecule has 0 N–H and O–H groups in total. The van der Waals surface area contributed by atoms with E-state index in [1.165, 1.54) is 0 Å². The average Bonchev–Trinajstić information content (AvgIpc) is 2.78. The maximum absolute atomic E-state index is 10.5. The summed E-state index contributed by atoms with van der Waals surface area (Å²) in [7, 11) is 2.08. The Morgan fingerprint density at radius 2 is 2.19 bits per heavy atom. The van der Waals surface area contributed by atoms with Crippen LogP contribution in [0.1, 0.15) is 29.2 Å². The first-order valence-electron chi connectivity index (χ1n) is 5.61. The van der Waals surface area contributed by atoms with Crippen LogP contribution in [0.3, 0.4) is 0 Å². The number of carbonyl (C=O) groups is 1. The molecule has 2 heterocycles. The van der Waals surface area contributed by atoms with Crippen LogP contribution in [0.15, 0.2) is 16.5 Å². The van der Waals surface area contributed by atoms with Crippen molar-refractivity contribution in [1.82, 2.24) is 4.90 Å². The minimum absolute atomic E-state index is 0.398. The Bertz CT molecular complexity index is 342. The summed E-state index contributed by atoms with van der Waals surface area (Å²) in [6, 6.07) is 4.12. The van der Waals surface area contributed by atoms with Gasteiger partial charge < -0.3 is 9.15 Å². The molecule has 1 aliphatic rings. The zero-order valence-electron chi connectivity index (χ0n) is 9.52. The normalized spacial score (nSPS) is 17.9. The first kappa shape index (κ1) is 11.4. The molecule has 0 unspecified atom stereocenters. The average molecular weight is 223 g/mol. The minimum atomic E-state index is 0.398. The molecular formula is C12H17NO3. The molecule has 88 valence electrons. The van der Waals surface area contributed by atoms with Gasteiger partial charge in [0.2, 0.25) is 0 Å². The fourth-order valence-corrected chi connectivity index (χ4v) is 2.04. The number of rotatable bonds is 4. The van der Waals surface area contributed by atoms with Crippen LogP contribution in [0.5, 0.6) is 0 Å². The van der Waals surface area contributed by atoms with Crippen molar-refractivity contribution < 1.29 is 13.9 Å². The minimum Gasteiger partial charge on any atom is -0.457 e. The van der Waals surface area contributed by atoms with Gasteiger partial charge in [0, 0.05) is 19.3 Å². The zero-order valence-corrected chi connectivity index (χ0v) is 9.52. The second kappa shape index (κ2) is 5.27. The van der Waals surface area contributed by atoms with E-state index in [2.05, 4.69) is 11.9 Å². The van der Waals surface area contributed by atoms with Crippen molar-refractivity contribution in [2.75, 3.05) is 20.3 Å². The third kappa shape index (κ3) is 2.71. The molecule has 1 fully saturated rings. The van der Waals surface area contributed by atoms with Gasteiger partial charge >= 0.3 is 0 Å². The summed E-state index contributed by atoms with van der Waals surface area (Å²) in [5.41, 5.74) is 0. The number of hydrogen-bond acceptors (Lipinski definition) is 4. The standard InChI is InChI=1S/C12H17NO3/c1-13(10-4-6-15-7-5-10)8-11-2-3-12(9-14)16-11/h2-3,9-10H,4-8H2,1H3. The first-order valence-corrected chi connectivity index (χ1v) is 5.61. The maximum Gasteiger partial charge on any atom is 0.185 e. The zero-order chi connectivity index (χ0) is 11.4. The molecular weight excluding hydrogens is 206 g/mol. The summed E-state index contributed by atoms with van der Waals surface area (Å²) < 4.78 is 10.7. The summed E-state index contributed by atoms with van der Waals surface area (Å²) in [6.45, 7) is 2.43. The molecule has 1 aromatic rings. The Labute approximate surface area is 95.2 Å². The molecule has 1 aromatic heterocycles. The van der Waals surface area contributed by atoms with Gasteiger partial charge in [-0.05, 0) is 32.0 Å². The maximum atomic E-state index is 10.5. The highest BCUT2D eigenvalue weighted by atomic mass is 16.5. The molecule has 0 spiro atoms. The van der Waals surface area contributed by atoms with E-state index in [-0.39, 0.29) is 0 Å². The number of nitrogens with zero attached hydrogens (tertiary/aromatic N) is 1. The van der Waals surface area contributed by atoms with Crippen LogP contribution < -0.4 is 0 Å². The van der Waals surface area contributed by atoms with E-state index in [0.29, 0.717) is 11.8 Å². The molecule has 0 aliphatic carbocycles. The molecule has 1 saturated heterocycles. The van der Waals surface area contributed by atoms with E-state index in [9.17, 15) is 4.79 Å². The molecule has 0 atom stereocenters. The predicted molar refractivity (Wildman–Crippen MR) is 59.4 cm³/mol. The van der Waals surface area contributed by atoms with Crippen LogP contribution in [0, 0.1) is 0 Å². The van der Waals surface area contributed by atoms with Gasteiger partial charge in [0.15, 0.2) is 12.0 Å². The largest absolute Gasteiger partial charge is 0.457 e. The van der Waals surface area contributed by atoms with Crippen LogP contribution >= 0.6 is 0 Å². The molecule has 2 rings (SSSR count). The van der Waals surface area contributed by atoms with E-state index in [1.54, 1.807) is 6.07 Å². The van der Waals surface area contributed by atoms with E-state index in [0.717, 1.165) is 44.6 Å². The van der Waals surface area contributed by atoms with Crippen molar-refractivity contribution in [3.8, 4) is 0 Å². The lowest BCUT2D eigenvalue weighted by Gasteiger charge is -2.30. The van der Waals surface area contributed by atoms with Crippen molar-refractivity contribution in [2.24, 2.45) is 0 Å². The molecule has 0 amide bonds. The van der Waals surface area contributed by atoms with Gasteiger partial charge in [0.25, 0.3) is 0 Å². The third-order valence-corrected chi connectivity index (χ3v) is 3.02. The first-order chi connectivity index (χ1) is 7.79. The summed E-state index contributed by atoms with van der Waals surface area (Å²) in [4.78, 5) is 12.7. The smallest absolute Gasteiger partial charge is 0.185 e. The molecule has 1 aliphatic heterocycles. The van der Waals surface area contributed by atoms with E-state index < -0.39 is 0 Å². The second-order valence-corrected chi connectivity index (χ2v) is 4.18. The van der Waals surface area contributed by atoms with Crippen LogP contribution in [-0.2, 0) is 11.3 Å². The number of hydrogen-bond donors (Lipinski definition) is 0. The summed E-state index contributed by atoms with van der Waals surface area (Å²) >= 11 is 0. The number of furan rings is 1. The lowest BCUT2D eigenvalue weighted by Crippen LogP contribution is -2.36. The Hall–Kier alpha value is -1.13. The molecule has 0 saturated carbocycles. The lowest BCUT2D eigenvalue weighted by atomic mass is 10.1. The monoisotopic (exact) mass is 223 g/mol. The SMILES string of the molecule is CN(Cc1ccc(C=O)o1)C1CCOCC1. The van der Waals surface area contributed by atoms with Gasteiger partial charge in [-0.15, -0.1) is 0 Å². The van der Waals surface area contributed by atoms with E-state index >= 15 is 0 Å². The number of carbonyl (C=O) groups excluding carboxylic acids is 1. The van der Waals surface area contributed by atoms with Crippen molar-refractivity contribution in [3.63, 3.8) is 0 Å². The van der Waals surface area contributed by atoms with E-state index in [1.807, 2.05) is 6.07 Å². The fraction of sp³-hybridized carbons (Fsp3) is 0.583. The van der Waals surface area contributed by atoms with Crippen molar-refractivity contribution >= 4 is 6.29 Å². The van der Waals surface area contributed by atoms with Crippen LogP contribution in [0.25, 0.3) is 0 Å². The van der Waals surface area contributed by atoms with Crippen molar-refractivity contribution in [2.45, 2.75) is 25.4 Å². The molecule has 4 nitrogen and oxygen atoms in total. The quantitative estimate of drug-likeness (QED) is 0.729. The van der Waals surface area contributed by atoms with Crippen molar-refractivity contribution in [3.05, 3.63) is 23.7 Å².